The van der Waals surface area contributed by atoms with Gasteiger partial charge in [-0.15, -0.1) is 0 Å². The van der Waals surface area contributed by atoms with Gasteiger partial charge >= 0.3 is 0 Å². The van der Waals surface area contributed by atoms with Gasteiger partial charge in [0.25, 0.3) is 5.91 Å². The molecule has 9 heteroatoms. The van der Waals surface area contributed by atoms with Gasteiger partial charge in [0.1, 0.15) is 5.75 Å². The van der Waals surface area contributed by atoms with E-state index in [1.54, 1.807) is 0 Å². The van der Waals surface area contributed by atoms with Crippen LogP contribution in [0.3, 0.4) is 0 Å². The number of nitrogens with zero attached hydrogens (tertiary/aromatic N) is 1. The van der Waals surface area contributed by atoms with Crippen molar-refractivity contribution in [3.05, 3.63) is 52.5 Å². The number of hydrogen-bond acceptors (Lipinski definition) is 6. The number of carbonyl (C=O) groups is 1. The molecule has 0 saturated heterocycles. The van der Waals surface area contributed by atoms with Crippen LogP contribution in [0.2, 0.25) is 5.02 Å². The minimum atomic E-state index is -3.75. The number of nitrogens with one attached hydrogen (secondary N) is 2. The van der Waals surface area contributed by atoms with Crippen LogP contribution in [0.25, 0.3) is 10.2 Å². The van der Waals surface area contributed by atoms with Crippen LogP contribution in [0.1, 0.15) is 24.0 Å². The lowest BCUT2D eigenvalue weighted by atomic mass is 9.91. The molecule has 0 bridgehead atoms. The number of rotatable bonds is 5. The molecule has 1 aliphatic carbocycles. The van der Waals surface area contributed by atoms with Crippen molar-refractivity contribution in [2.24, 2.45) is 0 Å². The average molecular weight is 436 g/mol. The molecule has 3 aromatic rings. The summed E-state index contributed by atoms with van der Waals surface area (Å²) in [5.41, 5.74) is 8.77. The SMILES string of the molecule is O=C(CS(=O)(=O)c1ccc(Cl)cc1)NNc1nc2c3c(ccc2s1)CCCC3. The maximum absolute atomic E-state index is 12.3. The number of aryl methyl sites for hydroxylation is 2. The summed E-state index contributed by atoms with van der Waals surface area (Å²) in [4.78, 5) is 16.8. The number of benzene rings is 2. The largest absolute Gasteiger partial charge is 0.273 e. The van der Waals surface area contributed by atoms with E-state index in [0.717, 1.165) is 29.5 Å². The van der Waals surface area contributed by atoms with E-state index in [0.29, 0.717) is 10.2 Å². The third kappa shape index (κ3) is 3.99. The second-order valence-corrected chi connectivity index (χ2v) is 10.1. The van der Waals surface area contributed by atoms with Crippen LogP contribution in [0.15, 0.2) is 41.3 Å². The minimum absolute atomic E-state index is 0.0543. The lowest BCUT2D eigenvalue weighted by molar-refractivity contribution is -0.118. The molecule has 0 fully saturated rings. The Kier molecular flexibility index (Phi) is 5.27. The first kappa shape index (κ1) is 19.2. The summed E-state index contributed by atoms with van der Waals surface area (Å²) in [7, 11) is -3.75. The average Bonchev–Trinajstić information content (AvgIpc) is 3.10. The third-order valence-corrected chi connectivity index (χ3v) is 7.51. The van der Waals surface area contributed by atoms with Crippen LogP contribution in [-0.2, 0) is 27.5 Å². The van der Waals surface area contributed by atoms with E-state index in [-0.39, 0.29) is 4.90 Å². The van der Waals surface area contributed by atoms with Gasteiger partial charge < -0.3 is 0 Å². The highest BCUT2D eigenvalue weighted by molar-refractivity contribution is 7.92. The lowest BCUT2D eigenvalue weighted by Crippen LogP contribution is -2.34. The van der Waals surface area contributed by atoms with Crippen molar-refractivity contribution >= 4 is 54.0 Å². The van der Waals surface area contributed by atoms with Gasteiger partial charge in [-0.3, -0.25) is 15.6 Å². The molecule has 2 N–H and O–H groups in total. The van der Waals surface area contributed by atoms with E-state index in [4.69, 9.17) is 11.6 Å². The first-order valence-corrected chi connectivity index (χ1v) is 11.7. The highest BCUT2D eigenvalue weighted by Gasteiger charge is 2.20. The quantitative estimate of drug-likeness (QED) is 0.596. The standard InChI is InChI=1S/C19H18ClN3O3S2/c20-13-6-8-14(9-7-13)28(25,26)11-17(24)22-23-19-21-18-15-4-2-1-3-12(15)5-10-16(18)27-19/h5-10H,1-4,11H2,(H,21,23)(H,22,24). The molecule has 0 aliphatic heterocycles. The van der Waals surface area contributed by atoms with Crippen molar-refractivity contribution < 1.29 is 13.2 Å². The highest BCUT2D eigenvalue weighted by atomic mass is 35.5. The van der Waals surface area contributed by atoms with Gasteiger partial charge in [-0.2, -0.15) is 0 Å². The Bertz CT molecular complexity index is 1140. The molecule has 1 aliphatic rings. The summed E-state index contributed by atoms with van der Waals surface area (Å²) >= 11 is 7.20. The highest BCUT2D eigenvalue weighted by Crippen LogP contribution is 2.33. The molecule has 28 heavy (non-hydrogen) atoms. The van der Waals surface area contributed by atoms with Crippen molar-refractivity contribution in [2.45, 2.75) is 30.6 Å². The molecule has 0 radical (unpaired) electrons. The molecule has 2 aromatic carbocycles. The molecule has 0 saturated carbocycles. The summed E-state index contributed by atoms with van der Waals surface area (Å²) in [5, 5.41) is 0.967. The van der Waals surface area contributed by atoms with E-state index >= 15 is 0 Å². The van der Waals surface area contributed by atoms with Gasteiger partial charge in [0.05, 0.1) is 15.1 Å². The Morgan fingerprint density at radius 2 is 1.86 bits per heavy atom. The Labute approximate surface area is 171 Å². The van der Waals surface area contributed by atoms with Gasteiger partial charge in [-0.25, -0.2) is 13.4 Å². The normalized spacial score (nSPS) is 13.9. The van der Waals surface area contributed by atoms with Gasteiger partial charge in [0, 0.05) is 5.02 Å². The summed E-state index contributed by atoms with van der Waals surface area (Å²) in [5.74, 6) is -1.32. The number of amides is 1. The molecule has 0 unspecified atom stereocenters. The van der Waals surface area contributed by atoms with E-state index < -0.39 is 21.5 Å². The zero-order chi connectivity index (χ0) is 19.7. The van der Waals surface area contributed by atoms with Crippen LogP contribution in [0.4, 0.5) is 5.13 Å². The monoisotopic (exact) mass is 435 g/mol. The number of hydrazine groups is 1. The van der Waals surface area contributed by atoms with Crippen LogP contribution < -0.4 is 10.9 Å². The van der Waals surface area contributed by atoms with Crippen LogP contribution in [-0.4, -0.2) is 25.1 Å². The Morgan fingerprint density at radius 3 is 2.64 bits per heavy atom. The molecular weight excluding hydrogens is 418 g/mol. The molecule has 1 aromatic heterocycles. The van der Waals surface area contributed by atoms with E-state index in [2.05, 4.69) is 28.0 Å². The zero-order valence-electron chi connectivity index (χ0n) is 14.9. The fraction of sp³-hybridized carbons (Fsp3) is 0.263. The zero-order valence-corrected chi connectivity index (χ0v) is 17.3. The van der Waals surface area contributed by atoms with Crippen LogP contribution >= 0.6 is 22.9 Å². The van der Waals surface area contributed by atoms with Crippen LogP contribution in [0.5, 0.6) is 0 Å². The van der Waals surface area contributed by atoms with Crippen molar-refractivity contribution in [1.29, 1.82) is 0 Å². The minimum Gasteiger partial charge on any atom is -0.273 e. The van der Waals surface area contributed by atoms with Gasteiger partial charge in [0.15, 0.2) is 9.84 Å². The van der Waals surface area contributed by atoms with Crippen molar-refractivity contribution in [3.63, 3.8) is 0 Å². The Hall–Kier alpha value is -2.16. The summed E-state index contributed by atoms with van der Waals surface area (Å²) in [6.07, 6.45) is 4.45. The summed E-state index contributed by atoms with van der Waals surface area (Å²) in [6.45, 7) is 0. The molecule has 1 amide bonds. The molecule has 1 heterocycles. The van der Waals surface area contributed by atoms with Gasteiger partial charge in [-0.05, 0) is 67.1 Å². The number of sulfone groups is 1. The molecule has 6 nitrogen and oxygen atoms in total. The van der Waals surface area contributed by atoms with Gasteiger partial charge in [0.2, 0.25) is 5.13 Å². The van der Waals surface area contributed by atoms with Crippen molar-refractivity contribution in [1.82, 2.24) is 10.4 Å². The molecule has 146 valence electrons. The number of anilines is 1. The lowest BCUT2D eigenvalue weighted by Gasteiger charge is -2.15. The molecule has 0 atom stereocenters. The first-order chi connectivity index (χ1) is 13.4. The van der Waals surface area contributed by atoms with E-state index in [9.17, 15) is 13.2 Å². The maximum Gasteiger partial charge on any atom is 0.253 e. The predicted octanol–water partition coefficient (Wildman–Crippen LogP) is 3.75. The number of carbonyl (C=O) groups excluding carboxylic acids is 1. The first-order valence-electron chi connectivity index (χ1n) is 8.87. The molecule has 0 spiro atoms. The second kappa shape index (κ2) is 7.69. The summed E-state index contributed by atoms with van der Waals surface area (Å²) < 4.78 is 25.7. The Morgan fingerprint density at radius 1 is 1.11 bits per heavy atom. The smallest absolute Gasteiger partial charge is 0.253 e. The number of aromatic nitrogens is 1. The topological polar surface area (TPSA) is 88.2 Å². The fourth-order valence-electron chi connectivity index (χ4n) is 3.33. The van der Waals surface area contributed by atoms with Crippen molar-refractivity contribution in [2.75, 3.05) is 11.2 Å². The van der Waals surface area contributed by atoms with E-state index in [1.807, 2.05) is 0 Å². The second-order valence-electron chi connectivity index (χ2n) is 6.66. The maximum atomic E-state index is 12.3. The van der Waals surface area contributed by atoms with Crippen LogP contribution in [0, 0.1) is 0 Å². The summed E-state index contributed by atoms with van der Waals surface area (Å²) in [6, 6.07) is 9.92. The fourth-order valence-corrected chi connectivity index (χ4v) is 5.44. The van der Waals surface area contributed by atoms with Crippen molar-refractivity contribution in [3.8, 4) is 0 Å². The van der Waals surface area contributed by atoms with Gasteiger partial charge in [-0.1, -0.05) is 29.0 Å². The molecule has 4 rings (SSSR count). The number of thiazole rings is 1. The number of fused-ring (bicyclic) bond motifs is 3. The number of hydrogen-bond donors (Lipinski definition) is 2. The van der Waals surface area contributed by atoms with E-state index in [1.165, 1.54) is 53.1 Å². The number of halogens is 1. The predicted molar refractivity (Wildman–Crippen MR) is 112 cm³/mol. The Balaban J connectivity index is 1.44. The third-order valence-electron chi connectivity index (χ3n) is 4.69. The molecular formula is C19H18ClN3O3S2.